The van der Waals surface area contributed by atoms with Crippen LogP contribution in [-0.4, -0.2) is 38.6 Å². The average Bonchev–Trinajstić information content (AvgIpc) is 2.47. The van der Waals surface area contributed by atoms with E-state index in [4.69, 9.17) is 4.74 Å². The summed E-state index contributed by atoms with van der Waals surface area (Å²) in [6.07, 6.45) is 2.42. The Morgan fingerprint density at radius 1 is 1.27 bits per heavy atom. The van der Waals surface area contributed by atoms with E-state index < -0.39 is 0 Å². The van der Waals surface area contributed by atoms with Gasteiger partial charge in [0.05, 0.1) is 7.11 Å². The smallest absolute Gasteiger partial charge is 0.193 e. The maximum Gasteiger partial charge on any atom is 0.193 e. The highest BCUT2D eigenvalue weighted by Crippen LogP contribution is 2.12. The Balaban J connectivity index is 0.00000441. The molecule has 0 aromatic heterocycles. The monoisotopic (exact) mass is 419 g/mol. The van der Waals surface area contributed by atoms with Crippen LogP contribution in [0.5, 0.6) is 5.75 Å². The van der Waals surface area contributed by atoms with Crippen molar-refractivity contribution in [3.05, 3.63) is 29.8 Å². The van der Waals surface area contributed by atoms with Crippen LogP contribution in [0.15, 0.2) is 29.3 Å². The van der Waals surface area contributed by atoms with Gasteiger partial charge >= 0.3 is 0 Å². The van der Waals surface area contributed by atoms with E-state index in [0.29, 0.717) is 0 Å². The molecule has 0 aliphatic heterocycles. The molecule has 0 bridgehead atoms. The van der Waals surface area contributed by atoms with Gasteiger partial charge in [0.15, 0.2) is 5.96 Å². The van der Waals surface area contributed by atoms with Gasteiger partial charge in [-0.3, -0.25) is 4.99 Å². The van der Waals surface area contributed by atoms with Gasteiger partial charge in [-0.1, -0.05) is 26.0 Å². The van der Waals surface area contributed by atoms with Crippen molar-refractivity contribution < 1.29 is 4.74 Å². The molecule has 126 valence electrons. The van der Waals surface area contributed by atoms with Crippen LogP contribution in [0.25, 0.3) is 0 Å². The molecule has 4 nitrogen and oxygen atoms in total. The van der Waals surface area contributed by atoms with E-state index in [2.05, 4.69) is 48.2 Å². The molecule has 0 spiro atoms. The Morgan fingerprint density at radius 3 is 2.41 bits per heavy atom. The standard InChI is InChI=1S/C17H29N3O.HI/c1-14(2)7-6-12-19-17(18-3)20(4)13-15-8-10-16(21-5)11-9-15;/h8-11,14H,6-7,12-13H2,1-5H3,(H,18,19);1H. The average molecular weight is 419 g/mol. The molecule has 1 aromatic rings. The number of hydrogen-bond donors (Lipinski definition) is 1. The molecule has 0 atom stereocenters. The fourth-order valence-electron chi connectivity index (χ4n) is 2.17. The third kappa shape index (κ3) is 7.87. The van der Waals surface area contributed by atoms with Crippen molar-refractivity contribution in [2.24, 2.45) is 10.9 Å². The summed E-state index contributed by atoms with van der Waals surface area (Å²) in [5.74, 6) is 2.58. The molecule has 0 aliphatic rings. The number of nitrogens with zero attached hydrogens (tertiary/aromatic N) is 2. The van der Waals surface area contributed by atoms with Gasteiger partial charge in [-0.2, -0.15) is 0 Å². The second kappa shape index (κ2) is 11.6. The largest absolute Gasteiger partial charge is 0.497 e. The number of methoxy groups -OCH3 is 1. The van der Waals surface area contributed by atoms with E-state index in [0.717, 1.165) is 30.7 Å². The van der Waals surface area contributed by atoms with Gasteiger partial charge in [0.1, 0.15) is 5.75 Å². The highest BCUT2D eigenvalue weighted by Gasteiger charge is 2.06. The lowest BCUT2D eigenvalue weighted by Crippen LogP contribution is -2.38. The van der Waals surface area contributed by atoms with Gasteiger partial charge in [-0.15, -0.1) is 24.0 Å². The van der Waals surface area contributed by atoms with E-state index in [1.165, 1.54) is 18.4 Å². The normalized spacial score (nSPS) is 11.1. The molecular weight excluding hydrogens is 389 g/mol. The molecule has 0 unspecified atom stereocenters. The molecule has 0 fully saturated rings. The Morgan fingerprint density at radius 2 is 1.91 bits per heavy atom. The summed E-state index contributed by atoms with van der Waals surface area (Å²) in [5.41, 5.74) is 1.24. The first kappa shape index (κ1) is 21.0. The Labute approximate surface area is 152 Å². The van der Waals surface area contributed by atoms with Crippen LogP contribution in [0, 0.1) is 5.92 Å². The zero-order valence-electron chi connectivity index (χ0n) is 14.4. The van der Waals surface area contributed by atoms with E-state index in [9.17, 15) is 0 Å². The third-order valence-electron chi connectivity index (χ3n) is 3.39. The topological polar surface area (TPSA) is 36.9 Å². The minimum absolute atomic E-state index is 0. The fourth-order valence-corrected chi connectivity index (χ4v) is 2.17. The second-order valence-electron chi connectivity index (χ2n) is 5.71. The predicted molar refractivity (Wildman–Crippen MR) is 105 cm³/mol. The lowest BCUT2D eigenvalue weighted by Gasteiger charge is -2.22. The van der Waals surface area contributed by atoms with Crippen molar-refractivity contribution in [3.63, 3.8) is 0 Å². The molecule has 0 radical (unpaired) electrons. The molecule has 5 heteroatoms. The first-order valence-electron chi connectivity index (χ1n) is 7.61. The number of aliphatic imine (C=N–C) groups is 1. The van der Waals surface area contributed by atoms with E-state index in [-0.39, 0.29) is 24.0 Å². The minimum Gasteiger partial charge on any atom is -0.497 e. The molecule has 0 amide bonds. The summed E-state index contributed by atoms with van der Waals surface area (Å²) >= 11 is 0. The quantitative estimate of drug-likeness (QED) is 0.317. The van der Waals surface area contributed by atoms with Crippen molar-refractivity contribution >= 4 is 29.9 Å². The molecular formula is C17H30IN3O. The molecule has 1 rings (SSSR count). The van der Waals surface area contributed by atoms with Crippen LogP contribution in [0.3, 0.4) is 0 Å². The highest BCUT2D eigenvalue weighted by molar-refractivity contribution is 14.0. The Hall–Kier alpha value is -0.980. The van der Waals surface area contributed by atoms with Crippen molar-refractivity contribution in [2.75, 3.05) is 27.7 Å². The molecule has 1 N–H and O–H groups in total. The molecule has 22 heavy (non-hydrogen) atoms. The molecule has 0 heterocycles. The van der Waals surface area contributed by atoms with E-state index >= 15 is 0 Å². The zero-order valence-corrected chi connectivity index (χ0v) is 16.8. The summed E-state index contributed by atoms with van der Waals surface area (Å²) in [6, 6.07) is 8.15. The van der Waals surface area contributed by atoms with Crippen molar-refractivity contribution in [1.82, 2.24) is 10.2 Å². The maximum atomic E-state index is 5.18. The van der Waals surface area contributed by atoms with Crippen molar-refractivity contribution in [3.8, 4) is 5.75 Å². The SMILES string of the molecule is CN=C(NCCCC(C)C)N(C)Cc1ccc(OC)cc1.I. The first-order valence-corrected chi connectivity index (χ1v) is 7.61. The maximum absolute atomic E-state index is 5.18. The number of halogens is 1. The molecule has 0 aliphatic carbocycles. The lowest BCUT2D eigenvalue weighted by atomic mass is 10.1. The predicted octanol–water partition coefficient (Wildman–Crippen LogP) is 3.76. The van der Waals surface area contributed by atoms with Crippen LogP contribution in [0.2, 0.25) is 0 Å². The van der Waals surface area contributed by atoms with Crippen LogP contribution in [0.4, 0.5) is 0 Å². The van der Waals surface area contributed by atoms with Gasteiger partial charge < -0.3 is 15.0 Å². The van der Waals surface area contributed by atoms with Gasteiger partial charge in [0, 0.05) is 27.2 Å². The lowest BCUT2D eigenvalue weighted by molar-refractivity contribution is 0.414. The number of ether oxygens (including phenoxy) is 1. The number of guanidine groups is 1. The minimum atomic E-state index is 0. The van der Waals surface area contributed by atoms with Gasteiger partial charge in [0.25, 0.3) is 0 Å². The molecule has 0 saturated heterocycles. The van der Waals surface area contributed by atoms with Crippen LogP contribution in [0.1, 0.15) is 32.3 Å². The number of nitrogens with one attached hydrogen (secondary N) is 1. The third-order valence-corrected chi connectivity index (χ3v) is 3.39. The zero-order chi connectivity index (χ0) is 15.7. The Bertz CT molecular complexity index is 432. The van der Waals surface area contributed by atoms with Gasteiger partial charge in [-0.05, 0) is 36.5 Å². The van der Waals surface area contributed by atoms with E-state index in [1.807, 2.05) is 19.2 Å². The summed E-state index contributed by atoms with van der Waals surface area (Å²) in [5, 5.41) is 3.42. The fraction of sp³-hybridized carbons (Fsp3) is 0.588. The van der Waals surface area contributed by atoms with E-state index in [1.54, 1.807) is 7.11 Å². The Kier molecular flexibility index (Phi) is 11.1. The molecule has 0 saturated carbocycles. The number of rotatable bonds is 7. The number of benzene rings is 1. The van der Waals surface area contributed by atoms with Crippen LogP contribution >= 0.6 is 24.0 Å². The summed E-state index contributed by atoms with van der Waals surface area (Å²) < 4.78 is 5.18. The van der Waals surface area contributed by atoms with Crippen molar-refractivity contribution in [2.45, 2.75) is 33.2 Å². The summed E-state index contributed by atoms with van der Waals surface area (Å²) in [6.45, 7) is 6.31. The summed E-state index contributed by atoms with van der Waals surface area (Å²) in [4.78, 5) is 6.48. The van der Waals surface area contributed by atoms with Gasteiger partial charge in [0.2, 0.25) is 0 Å². The van der Waals surface area contributed by atoms with Crippen LogP contribution < -0.4 is 10.1 Å². The van der Waals surface area contributed by atoms with Crippen LogP contribution in [-0.2, 0) is 6.54 Å². The van der Waals surface area contributed by atoms with Crippen molar-refractivity contribution in [1.29, 1.82) is 0 Å². The summed E-state index contributed by atoms with van der Waals surface area (Å²) in [7, 11) is 5.57. The number of hydrogen-bond acceptors (Lipinski definition) is 2. The molecule has 1 aromatic carbocycles. The second-order valence-corrected chi connectivity index (χ2v) is 5.71. The first-order chi connectivity index (χ1) is 10.1. The highest BCUT2D eigenvalue weighted by atomic mass is 127. The van der Waals surface area contributed by atoms with Gasteiger partial charge in [-0.25, -0.2) is 0 Å².